The Morgan fingerprint density at radius 3 is 2.42 bits per heavy atom. The molecule has 2 heterocycles. The number of aromatic nitrogens is 2. The second kappa shape index (κ2) is 5.93. The zero-order valence-corrected chi connectivity index (χ0v) is 12.1. The van der Waals surface area contributed by atoms with Gasteiger partial charge in [-0.25, -0.2) is 0 Å². The summed E-state index contributed by atoms with van der Waals surface area (Å²) in [5.41, 5.74) is 5.83. The topological polar surface area (TPSA) is 37.8 Å². The van der Waals surface area contributed by atoms with Crippen LogP contribution in [-0.2, 0) is 0 Å². The van der Waals surface area contributed by atoms with E-state index in [0.29, 0.717) is 0 Å². The standard InChI is InChI=1S/C16H21N3/c1-5-18-16(14-7-12(3)8-17-10-14)15-13(4)6-11(2)9-19-15/h6-10,16,18H,5H2,1-4H3. The molecule has 1 atom stereocenters. The third-order valence-electron chi connectivity index (χ3n) is 3.17. The van der Waals surface area contributed by atoms with Crippen molar-refractivity contribution in [2.75, 3.05) is 6.54 Å². The minimum Gasteiger partial charge on any atom is -0.305 e. The number of hydrogen-bond donors (Lipinski definition) is 1. The SMILES string of the molecule is CCNC(c1cncc(C)c1)c1ncc(C)cc1C. The molecule has 100 valence electrons. The van der Waals surface area contributed by atoms with Gasteiger partial charge in [-0.05, 0) is 49.6 Å². The van der Waals surface area contributed by atoms with Crippen molar-refractivity contribution in [3.05, 3.63) is 58.7 Å². The van der Waals surface area contributed by atoms with E-state index in [1.807, 2.05) is 18.6 Å². The Labute approximate surface area is 115 Å². The summed E-state index contributed by atoms with van der Waals surface area (Å²) in [5, 5.41) is 3.50. The summed E-state index contributed by atoms with van der Waals surface area (Å²) in [6, 6.07) is 4.45. The molecule has 0 radical (unpaired) electrons. The van der Waals surface area contributed by atoms with Crippen molar-refractivity contribution in [2.45, 2.75) is 33.7 Å². The second-order valence-electron chi connectivity index (χ2n) is 5.00. The van der Waals surface area contributed by atoms with Crippen LogP contribution in [0.4, 0.5) is 0 Å². The number of pyridine rings is 2. The van der Waals surface area contributed by atoms with Gasteiger partial charge in [-0.1, -0.05) is 19.1 Å². The highest BCUT2D eigenvalue weighted by Crippen LogP contribution is 2.23. The first-order chi connectivity index (χ1) is 9.11. The molecule has 0 aliphatic heterocycles. The molecule has 0 aliphatic rings. The van der Waals surface area contributed by atoms with Gasteiger partial charge in [-0.2, -0.15) is 0 Å². The van der Waals surface area contributed by atoms with Crippen molar-refractivity contribution in [1.82, 2.24) is 15.3 Å². The first-order valence-corrected chi connectivity index (χ1v) is 6.70. The molecule has 0 saturated carbocycles. The lowest BCUT2D eigenvalue weighted by Gasteiger charge is -2.20. The third kappa shape index (κ3) is 3.18. The van der Waals surface area contributed by atoms with E-state index < -0.39 is 0 Å². The minimum atomic E-state index is 0.109. The molecule has 3 heteroatoms. The highest BCUT2D eigenvalue weighted by molar-refractivity contribution is 5.33. The summed E-state index contributed by atoms with van der Waals surface area (Å²) < 4.78 is 0. The molecular weight excluding hydrogens is 234 g/mol. The van der Waals surface area contributed by atoms with E-state index >= 15 is 0 Å². The highest BCUT2D eigenvalue weighted by atomic mass is 14.9. The Morgan fingerprint density at radius 2 is 1.79 bits per heavy atom. The van der Waals surface area contributed by atoms with E-state index in [9.17, 15) is 0 Å². The van der Waals surface area contributed by atoms with Crippen LogP contribution in [0, 0.1) is 20.8 Å². The predicted octanol–water partition coefficient (Wildman–Crippen LogP) is 3.10. The monoisotopic (exact) mass is 255 g/mol. The van der Waals surface area contributed by atoms with Gasteiger partial charge in [0.05, 0.1) is 11.7 Å². The van der Waals surface area contributed by atoms with Gasteiger partial charge < -0.3 is 5.32 Å². The van der Waals surface area contributed by atoms with Gasteiger partial charge in [-0.15, -0.1) is 0 Å². The smallest absolute Gasteiger partial charge is 0.0769 e. The minimum absolute atomic E-state index is 0.109. The molecule has 0 bridgehead atoms. The number of rotatable bonds is 4. The van der Waals surface area contributed by atoms with Crippen LogP contribution in [0.3, 0.4) is 0 Å². The first kappa shape index (κ1) is 13.7. The van der Waals surface area contributed by atoms with Gasteiger partial charge in [0.2, 0.25) is 0 Å². The van der Waals surface area contributed by atoms with Crippen LogP contribution >= 0.6 is 0 Å². The molecule has 0 aliphatic carbocycles. The maximum absolute atomic E-state index is 4.61. The van der Waals surface area contributed by atoms with E-state index in [4.69, 9.17) is 0 Å². The summed E-state index contributed by atoms with van der Waals surface area (Å²) in [6.07, 6.45) is 5.72. The second-order valence-corrected chi connectivity index (χ2v) is 5.00. The van der Waals surface area contributed by atoms with Gasteiger partial charge in [0.15, 0.2) is 0 Å². The Bertz CT molecular complexity index is 564. The third-order valence-corrected chi connectivity index (χ3v) is 3.17. The fraction of sp³-hybridized carbons (Fsp3) is 0.375. The van der Waals surface area contributed by atoms with Gasteiger partial charge in [0.25, 0.3) is 0 Å². The van der Waals surface area contributed by atoms with Crippen LogP contribution in [0.1, 0.15) is 40.9 Å². The molecule has 0 aromatic carbocycles. The van der Waals surface area contributed by atoms with Crippen molar-refractivity contribution in [1.29, 1.82) is 0 Å². The zero-order chi connectivity index (χ0) is 13.8. The number of nitrogens with one attached hydrogen (secondary N) is 1. The largest absolute Gasteiger partial charge is 0.305 e. The molecule has 2 aromatic heterocycles. The zero-order valence-electron chi connectivity index (χ0n) is 12.1. The lowest BCUT2D eigenvalue weighted by atomic mass is 9.99. The number of nitrogens with zero attached hydrogens (tertiary/aromatic N) is 2. The average Bonchev–Trinajstić information content (AvgIpc) is 2.37. The van der Waals surface area contributed by atoms with E-state index in [1.165, 1.54) is 22.3 Å². The normalized spacial score (nSPS) is 12.4. The van der Waals surface area contributed by atoms with Crippen molar-refractivity contribution in [2.24, 2.45) is 0 Å². The van der Waals surface area contributed by atoms with Crippen molar-refractivity contribution in [3.63, 3.8) is 0 Å². The molecule has 1 N–H and O–H groups in total. The summed E-state index contributed by atoms with van der Waals surface area (Å²) in [5.74, 6) is 0. The van der Waals surface area contributed by atoms with Crippen molar-refractivity contribution in [3.8, 4) is 0 Å². The first-order valence-electron chi connectivity index (χ1n) is 6.70. The van der Waals surface area contributed by atoms with Crippen LogP contribution in [-0.4, -0.2) is 16.5 Å². The fourth-order valence-electron chi connectivity index (χ4n) is 2.34. The Hall–Kier alpha value is -1.74. The lowest BCUT2D eigenvalue weighted by molar-refractivity contribution is 0.609. The van der Waals surface area contributed by atoms with Crippen LogP contribution in [0.25, 0.3) is 0 Å². The van der Waals surface area contributed by atoms with Gasteiger partial charge in [0.1, 0.15) is 0 Å². The van der Waals surface area contributed by atoms with Gasteiger partial charge in [0, 0.05) is 18.6 Å². The van der Waals surface area contributed by atoms with E-state index in [2.05, 4.69) is 55.1 Å². The van der Waals surface area contributed by atoms with Crippen LogP contribution in [0.5, 0.6) is 0 Å². The van der Waals surface area contributed by atoms with Gasteiger partial charge in [-0.3, -0.25) is 9.97 Å². The maximum Gasteiger partial charge on any atom is 0.0769 e. The fourth-order valence-corrected chi connectivity index (χ4v) is 2.34. The summed E-state index contributed by atoms with van der Waals surface area (Å²) >= 11 is 0. The van der Waals surface area contributed by atoms with E-state index in [-0.39, 0.29) is 6.04 Å². The predicted molar refractivity (Wildman–Crippen MR) is 78.2 cm³/mol. The lowest BCUT2D eigenvalue weighted by Crippen LogP contribution is -2.24. The molecule has 0 amide bonds. The van der Waals surface area contributed by atoms with Gasteiger partial charge >= 0.3 is 0 Å². The van der Waals surface area contributed by atoms with Crippen LogP contribution in [0.2, 0.25) is 0 Å². The number of aryl methyl sites for hydroxylation is 3. The molecular formula is C16H21N3. The van der Waals surface area contributed by atoms with Crippen molar-refractivity contribution >= 4 is 0 Å². The number of hydrogen-bond acceptors (Lipinski definition) is 3. The molecule has 2 rings (SSSR count). The molecule has 3 nitrogen and oxygen atoms in total. The Balaban J connectivity index is 2.45. The molecule has 19 heavy (non-hydrogen) atoms. The molecule has 1 unspecified atom stereocenters. The highest BCUT2D eigenvalue weighted by Gasteiger charge is 2.17. The Kier molecular flexibility index (Phi) is 4.27. The average molecular weight is 255 g/mol. The maximum atomic E-state index is 4.61. The molecule has 2 aromatic rings. The molecule has 0 saturated heterocycles. The van der Waals surface area contributed by atoms with Crippen LogP contribution < -0.4 is 5.32 Å². The van der Waals surface area contributed by atoms with Crippen LogP contribution in [0.15, 0.2) is 30.7 Å². The Morgan fingerprint density at radius 1 is 1.05 bits per heavy atom. The molecule has 0 fully saturated rings. The van der Waals surface area contributed by atoms with E-state index in [0.717, 1.165) is 12.2 Å². The van der Waals surface area contributed by atoms with Crippen molar-refractivity contribution < 1.29 is 0 Å². The summed E-state index contributed by atoms with van der Waals surface area (Å²) in [4.78, 5) is 8.90. The molecule has 0 spiro atoms. The summed E-state index contributed by atoms with van der Waals surface area (Å²) in [6.45, 7) is 9.26. The van der Waals surface area contributed by atoms with E-state index in [1.54, 1.807) is 0 Å². The quantitative estimate of drug-likeness (QED) is 0.912. The summed E-state index contributed by atoms with van der Waals surface area (Å²) in [7, 11) is 0.